The van der Waals surface area contributed by atoms with Gasteiger partial charge >= 0.3 is 12.1 Å². The Balaban J connectivity index is 1.97. The van der Waals surface area contributed by atoms with E-state index in [1.807, 2.05) is 0 Å². The normalized spacial score (nSPS) is 23.6. The van der Waals surface area contributed by atoms with E-state index in [0.717, 1.165) is 0 Å². The average molecular weight is 503 g/mol. The highest BCUT2D eigenvalue weighted by atomic mass is 35.5. The first-order valence-corrected chi connectivity index (χ1v) is 10.8. The van der Waals surface area contributed by atoms with Crippen molar-refractivity contribution in [2.45, 2.75) is 43.3 Å². The molecule has 0 amide bonds. The molecule has 0 spiro atoms. The fourth-order valence-electron chi connectivity index (χ4n) is 3.51. The van der Waals surface area contributed by atoms with Gasteiger partial charge < -0.3 is 19.7 Å². The van der Waals surface area contributed by atoms with Crippen molar-refractivity contribution in [2.75, 3.05) is 19.8 Å². The van der Waals surface area contributed by atoms with Gasteiger partial charge in [-0.25, -0.2) is 4.39 Å². The summed E-state index contributed by atoms with van der Waals surface area (Å²) in [6, 6.07) is 1.02. The molecular formula is C21H24Cl2F4O5. The molecule has 0 aliphatic heterocycles. The Morgan fingerprint density at radius 3 is 2.62 bits per heavy atom. The second-order valence-corrected chi connectivity index (χ2v) is 8.38. The predicted octanol–water partition coefficient (Wildman–Crippen LogP) is 4.74. The first-order valence-electron chi connectivity index (χ1n) is 9.97. The smallest absolute Gasteiger partial charge is 0.416 e. The maximum Gasteiger partial charge on any atom is 0.416 e. The van der Waals surface area contributed by atoms with E-state index in [9.17, 15) is 27.5 Å². The minimum Gasteiger partial charge on any atom is -0.490 e. The van der Waals surface area contributed by atoms with Crippen LogP contribution in [-0.4, -0.2) is 47.5 Å². The fourth-order valence-corrected chi connectivity index (χ4v) is 4.20. The van der Waals surface area contributed by atoms with E-state index in [-0.39, 0.29) is 38.6 Å². The van der Waals surface area contributed by atoms with Crippen LogP contribution in [0.2, 0.25) is 5.02 Å². The molecule has 11 heteroatoms. The summed E-state index contributed by atoms with van der Waals surface area (Å²) >= 11 is 11.9. The monoisotopic (exact) mass is 502 g/mol. The van der Waals surface area contributed by atoms with E-state index >= 15 is 0 Å². The summed E-state index contributed by atoms with van der Waals surface area (Å²) in [5.74, 6) is -3.01. The van der Waals surface area contributed by atoms with E-state index in [1.54, 1.807) is 12.2 Å². The molecule has 180 valence electrons. The second-order valence-electron chi connectivity index (χ2n) is 7.42. The molecular weight excluding hydrogens is 479 g/mol. The van der Waals surface area contributed by atoms with Gasteiger partial charge in [-0.3, -0.25) is 4.79 Å². The molecule has 1 aliphatic rings. The largest absolute Gasteiger partial charge is 0.490 e. The van der Waals surface area contributed by atoms with Gasteiger partial charge in [0.15, 0.2) is 11.6 Å². The van der Waals surface area contributed by atoms with Gasteiger partial charge in [-0.15, -0.1) is 11.6 Å². The Labute approximate surface area is 192 Å². The molecule has 4 atom stereocenters. The lowest BCUT2D eigenvalue weighted by Crippen LogP contribution is -2.27. The lowest BCUT2D eigenvalue weighted by atomic mass is 9.92. The number of carbonyl (C=O) groups is 1. The third-order valence-electron chi connectivity index (χ3n) is 5.17. The molecule has 32 heavy (non-hydrogen) atoms. The fraction of sp³-hybridized carbons (Fsp3) is 0.571. The van der Waals surface area contributed by atoms with Crippen molar-refractivity contribution in [1.82, 2.24) is 0 Å². The quantitative estimate of drug-likeness (QED) is 0.209. The first kappa shape index (κ1) is 26.7. The molecule has 2 rings (SSSR count). The average Bonchev–Trinajstić information content (AvgIpc) is 2.98. The standard InChI is InChI=1S/C21H24Cl2F4O5/c22-15-10-17(29)14(13(15)4-2-1-3-5-19(30)31-7-6-28)11-32-18-9-12(21(25,26)27)8-16(23)20(18)24/h1-2,8-9,13-15,17,28-29H,3-7,10-11H2/b2-1-/t13-,14-,15-,17-/m1/s1. The van der Waals surface area contributed by atoms with Gasteiger partial charge in [0.05, 0.1) is 29.9 Å². The number of hydrogen-bond donors (Lipinski definition) is 2. The first-order chi connectivity index (χ1) is 15.0. The molecule has 0 bridgehead atoms. The number of esters is 1. The minimum absolute atomic E-state index is 0.0597. The summed E-state index contributed by atoms with van der Waals surface area (Å²) < 4.78 is 63.1. The van der Waals surface area contributed by atoms with Crippen molar-refractivity contribution < 1.29 is 42.0 Å². The van der Waals surface area contributed by atoms with Crippen LogP contribution >= 0.6 is 23.2 Å². The van der Waals surface area contributed by atoms with Gasteiger partial charge in [-0.2, -0.15) is 13.2 Å². The lowest BCUT2D eigenvalue weighted by Gasteiger charge is -2.23. The molecule has 0 saturated heterocycles. The van der Waals surface area contributed by atoms with Crippen molar-refractivity contribution in [1.29, 1.82) is 0 Å². The molecule has 1 aliphatic carbocycles. The van der Waals surface area contributed by atoms with Crippen molar-refractivity contribution in [2.24, 2.45) is 11.8 Å². The SMILES string of the molecule is O=C(CC/C=C\C[C@@H]1[C@@H](COc2cc(C(F)(F)F)cc(Cl)c2F)[C@H](O)C[C@H]1Cl)OCCO. The summed E-state index contributed by atoms with van der Waals surface area (Å²) in [4.78, 5) is 11.4. The van der Waals surface area contributed by atoms with Gasteiger partial charge in [0.1, 0.15) is 6.61 Å². The Hall–Kier alpha value is -1.55. The van der Waals surface area contributed by atoms with E-state index in [1.165, 1.54) is 0 Å². The summed E-state index contributed by atoms with van der Waals surface area (Å²) in [7, 11) is 0. The maximum atomic E-state index is 14.2. The molecule has 1 aromatic rings. The third-order valence-corrected chi connectivity index (χ3v) is 5.95. The Morgan fingerprint density at radius 2 is 1.97 bits per heavy atom. The number of ether oxygens (including phenoxy) is 2. The van der Waals surface area contributed by atoms with E-state index in [0.29, 0.717) is 25.0 Å². The number of halogens is 6. The minimum atomic E-state index is -4.72. The number of hydrogen-bond acceptors (Lipinski definition) is 5. The molecule has 1 saturated carbocycles. The molecule has 0 aromatic heterocycles. The zero-order chi connectivity index (χ0) is 23.9. The number of aliphatic hydroxyl groups excluding tert-OH is 2. The zero-order valence-electron chi connectivity index (χ0n) is 17.0. The van der Waals surface area contributed by atoms with Crippen LogP contribution in [0.15, 0.2) is 24.3 Å². The van der Waals surface area contributed by atoms with Crippen LogP contribution in [0.4, 0.5) is 17.6 Å². The predicted molar refractivity (Wildman–Crippen MR) is 110 cm³/mol. The summed E-state index contributed by atoms with van der Waals surface area (Å²) in [6.07, 6.45) is -0.831. The molecule has 0 heterocycles. The second kappa shape index (κ2) is 12.1. The maximum absolute atomic E-state index is 14.2. The van der Waals surface area contributed by atoms with Gasteiger partial charge in [0.2, 0.25) is 0 Å². The van der Waals surface area contributed by atoms with Gasteiger partial charge in [-0.05, 0) is 37.3 Å². The van der Waals surface area contributed by atoms with Crippen molar-refractivity contribution >= 4 is 29.2 Å². The van der Waals surface area contributed by atoms with Crippen LogP contribution in [0.3, 0.4) is 0 Å². The lowest BCUT2D eigenvalue weighted by molar-refractivity contribution is -0.144. The number of aliphatic hydroxyl groups is 2. The zero-order valence-corrected chi connectivity index (χ0v) is 18.5. The van der Waals surface area contributed by atoms with E-state index in [2.05, 4.69) is 0 Å². The van der Waals surface area contributed by atoms with Crippen molar-refractivity contribution in [3.8, 4) is 5.75 Å². The summed E-state index contributed by atoms with van der Waals surface area (Å²) in [5.41, 5.74) is -1.14. The Kier molecular flexibility index (Phi) is 10.1. The summed E-state index contributed by atoms with van der Waals surface area (Å²) in [5, 5.41) is 17.8. The number of carbonyl (C=O) groups excluding carboxylic acids is 1. The molecule has 1 fully saturated rings. The highest BCUT2D eigenvalue weighted by Gasteiger charge is 2.41. The number of rotatable bonds is 10. The van der Waals surface area contributed by atoms with Crippen LogP contribution in [0.5, 0.6) is 5.75 Å². The van der Waals surface area contributed by atoms with Crippen LogP contribution in [-0.2, 0) is 15.7 Å². The van der Waals surface area contributed by atoms with Crippen LogP contribution in [0, 0.1) is 17.7 Å². The Bertz CT molecular complexity index is 803. The number of allylic oxidation sites excluding steroid dienone is 2. The van der Waals surface area contributed by atoms with Crippen LogP contribution in [0.25, 0.3) is 0 Å². The molecule has 0 radical (unpaired) electrons. The van der Waals surface area contributed by atoms with E-state index < -0.39 is 51.7 Å². The van der Waals surface area contributed by atoms with Gasteiger partial charge in [-0.1, -0.05) is 23.8 Å². The molecule has 5 nitrogen and oxygen atoms in total. The summed E-state index contributed by atoms with van der Waals surface area (Å²) in [6.45, 7) is -0.552. The molecule has 0 unspecified atom stereocenters. The van der Waals surface area contributed by atoms with Crippen LogP contribution in [0.1, 0.15) is 31.2 Å². The van der Waals surface area contributed by atoms with Gasteiger partial charge in [0.25, 0.3) is 0 Å². The highest BCUT2D eigenvalue weighted by Crippen LogP contribution is 2.40. The van der Waals surface area contributed by atoms with Gasteiger partial charge in [0, 0.05) is 17.7 Å². The Morgan fingerprint density at radius 1 is 1.25 bits per heavy atom. The van der Waals surface area contributed by atoms with E-state index in [4.69, 9.17) is 37.8 Å². The topological polar surface area (TPSA) is 76.0 Å². The molecule has 2 N–H and O–H groups in total. The molecule has 1 aromatic carbocycles. The number of benzene rings is 1. The number of alkyl halides is 4. The van der Waals surface area contributed by atoms with Crippen molar-refractivity contribution in [3.05, 3.63) is 40.7 Å². The third kappa shape index (κ3) is 7.50. The van der Waals surface area contributed by atoms with Crippen molar-refractivity contribution in [3.63, 3.8) is 0 Å². The van der Waals surface area contributed by atoms with Crippen LogP contribution < -0.4 is 4.74 Å². The highest BCUT2D eigenvalue weighted by molar-refractivity contribution is 6.31.